The molecule has 2 amide bonds. The molecule has 0 aliphatic heterocycles. The molecular weight excluding hydrogens is 360 g/mol. The highest BCUT2D eigenvalue weighted by Gasteiger charge is 2.22. The van der Waals surface area contributed by atoms with Crippen molar-refractivity contribution in [3.05, 3.63) is 70.7 Å². The quantitative estimate of drug-likeness (QED) is 0.669. The molecule has 0 spiro atoms. The average molecular weight is 387 g/mol. The number of nitrogens with zero attached hydrogens (tertiary/aromatic N) is 1. The zero-order valence-corrected chi connectivity index (χ0v) is 16.7. The van der Waals surface area contributed by atoms with Crippen LogP contribution < -0.4 is 5.32 Å². The van der Waals surface area contributed by atoms with Crippen LogP contribution >= 0.6 is 11.6 Å². The minimum atomic E-state index is -0.404. The van der Waals surface area contributed by atoms with Crippen molar-refractivity contribution in [1.82, 2.24) is 10.2 Å². The number of hydrogen-bond donors (Lipinski definition) is 1. The van der Waals surface area contributed by atoms with Crippen LogP contribution in [0.3, 0.4) is 0 Å². The Morgan fingerprint density at radius 1 is 0.963 bits per heavy atom. The van der Waals surface area contributed by atoms with Gasteiger partial charge < -0.3 is 10.2 Å². The maximum atomic E-state index is 12.8. The number of benzene rings is 2. The molecule has 0 bridgehead atoms. The van der Waals surface area contributed by atoms with Gasteiger partial charge in [0.25, 0.3) is 5.91 Å². The number of rotatable bonds is 9. The van der Waals surface area contributed by atoms with Crippen LogP contribution in [0.2, 0.25) is 5.02 Å². The Morgan fingerprint density at radius 2 is 1.56 bits per heavy atom. The lowest BCUT2D eigenvalue weighted by molar-refractivity contribution is -0.131. The van der Waals surface area contributed by atoms with Crippen molar-refractivity contribution in [1.29, 1.82) is 0 Å². The van der Waals surface area contributed by atoms with E-state index in [-0.39, 0.29) is 18.2 Å². The molecule has 1 atom stereocenters. The third kappa shape index (κ3) is 6.10. The second-order valence-electron chi connectivity index (χ2n) is 6.50. The van der Waals surface area contributed by atoms with E-state index in [1.807, 2.05) is 35.2 Å². The summed E-state index contributed by atoms with van der Waals surface area (Å²) < 4.78 is 0. The molecule has 5 heteroatoms. The van der Waals surface area contributed by atoms with Crippen LogP contribution in [0, 0.1) is 0 Å². The fourth-order valence-electron chi connectivity index (χ4n) is 3.02. The lowest BCUT2D eigenvalue weighted by Gasteiger charge is -2.25. The summed E-state index contributed by atoms with van der Waals surface area (Å²) >= 11 is 6.15. The van der Waals surface area contributed by atoms with Crippen molar-refractivity contribution >= 4 is 23.4 Å². The molecule has 0 aliphatic carbocycles. The molecule has 0 aromatic heterocycles. The van der Waals surface area contributed by atoms with Gasteiger partial charge in [0, 0.05) is 13.1 Å². The number of carbonyl (C=O) groups excluding carboxylic acids is 2. The second kappa shape index (κ2) is 10.7. The standard InChI is InChI=1S/C22H27ClN2O2/c1-3-14-25(15-4-2)21(26)16-20(17-10-6-5-7-11-17)24-22(27)18-12-8-9-13-19(18)23/h5-13,20H,3-4,14-16H2,1-2H3,(H,24,27). The van der Waals surface area contributed by atoms with Gasteiger partial charge in [-0.15, -0.1) is 0 Å². The van der Waals surface area contributed by atoms with Crippen LogP contribution in [0.25, 0.3) is 0 Å². The molecule has 0 heterocycles. The summed E-state index contributed by atoms with van der Waals surface area (Å²) in [6.45, 7) is 5.58. The Morgan fingerprint density at radius 3 is 2.15 bits per heavy atom. The summed E-state index contributed by atoms with van der Waals surface area (Å²) in [4.78, 5) is 27.4. The largest absolute Gasteiger partial charge is 0.345 e. The van der Waals surface area contributed by atoms with E-state index >= 15 is 0 Å². The molecule has 1 unspecified atom stereocenters. The molecule has 0 aliphatic rings. The van der Waals surface area contributed by atoms with Crippen molar-refractivity contribution in [3.8, 4) is 0 Å². The molecule has 27 heavy (non-hydrogen) atoms. The summed E-state index contributed by atoms with van der Waals surface area (Å²) in [7, 11) is 0. The summed E-state index contributed by atoms with van der Waals surface area (Å²) in [5.74, 6) is -0.230. The minimum Gasteiger partial charge on any atom is -0.345 e. The van der Waals surface area contributed by atoms with Crippen molar-refractivity contribution in [2.45, 2.75) is 39.2 Å². The van der Waals surface area contributed by atoms with Gasteiger partial charge >= 0.3 is 0 Å². The maximum absolute atomic E-state index is 12.8. The van der Waals surface area contributed by atoms with Gasteiger partial charge in [-0.05, 0) is 30.5 Å². The van der Waals surface area contributed by atoms with Gasteiger partial charge in [0.15, 0.2) is 0 Å². The maximum Gasteiger partial charge on any atom is 0.253 e. The number of amides is 2. The SMILES string of the molecule is CCCN(CCC)C(=O)CC(NC(=O)c1ccccc1Cl)c1ccccc1. The Hall–Kier alpha value is -2.33. The third-order valence-electron chi connectivity index (χ3n) is 4.34. The lowest BCUT2D eigenvalue weighted by atomic mass is 10.0. The summed E-state index contributed by atoms with van der Waals surface area (Å²) in [5.41, 5.74) is 1.31. The Bertz CT molecular complexity index is 743. The molecule has 2 aromatic carbocycles. The van der Waals surface area contributed by atoms with Gasteiger partial charge in [0.2, 0.25) is 5.91 Å². The lowest BCUT2D eigenvalue weighted by Crippen LogP contribution is -2.37. The van der Waals surface area contributed by atoms with E-state index in [0.29, 0.717) is 10.6 Å². The van der Waals surface area contributed by atoms with Crippen molar-refractivity contribution < 1.29 is 9.59 Å². The number of hydrogen-bond acceptors (Lipinski definition) is 2. The van der Waals surface area contributed by atoms with Crippen LogP contribution in [0.5, 0.6) is 0 Å². The first-order valence-electron chi connectivity index (χ1n) is 9.44. The van der Waals surface area contributed by atoms with Gasteiger partial charge in [0.1, 0.15) is 0 Å². The molecule has 0 radical (unpaired) electrons. The molecule has 1 N–H and O–H groups in total. The van der Waals surface area contributed by atoms with Gasteiger partial charge in [-0.2, -0.15) is 0 Å². The first-order valence-corrected chi connectivity index (χ1v) is 9.82. The van der Waals surface area contributed by atoms with Crippen molar-refractivity contribution in [2.75, 3.05) is 13.1 Å². The molecule has 2 aromatic rings. The fraction of sp³-hybridized carbons (Fsp3) is 0.364. The Labute approximate surface area is 166 Å². The predicted octanol–water partition coefficient (Wildman–Crippen LogP) is 4.85. The van der Waals surface area contributed by atoms with E-state index in [2.05, 4.69) is 19.2 Å². The van der Waals surface area contributed by atoms with E-state index in [9.17, 15) is 9.59 Å². The van der Waals surface area contributed by atoms with Gasteiger partial charge in [-0.1, -0.05) is 67.9 Å². The van der Waals surface area contributed by atoms with Crippen LogP contribution in [0.1, 0.15) is 55.1 Å². The summed E-state index contributed by atoms with van der Waals surface area (Å²) in [6.07, 6.45) is 2.04. The molecule has 2 rings (SSSR count). The van der Waals surface area contributed by atoms with Crippen LogP contribution in [0.15, 0.2) is 54.6 Å². The second-order valence-corrected chi connectivity index (χ2v) is 6.91. The first kappa shape index (κ1) is 21.0. The monoisotopic (exact) mass is 386 g/mol. The number of carbonyl (C=O) groups is 2. The average Bonchev–Trinajstić information content (AvgIpc) is 2.68. The minimum absolute atomic E-state index is 0.0482. The summed E-state index contributed by atoms with van der Waals surface area (Å²) in [5, 5.41) is 3.38. The fourth-order valence-corrected chi connectivity index (χ4v) is 3.25. The highest BCUT2D eigenvalue weighted by atomic mass is 35.5. The highest BCUT2D eigenvalue weighted by molar-refractivity contribution is 6.33. The Balaban J connectivity index is 2.20. The normalized spacial score (nSPS) is 11.7. The smallest absolute Gasteiger partial charge is 0.253 e. The molecule has 144 valence electrons. The van der Waals surface area contributed by atoms with Crippen LogP contribution in [-0.2, 0) is 4.79 Å². The van der Waals surface area contributed by atoms with E-state index in [0.717, 1.165) is 31.5 Å². The Kier molecular flexibility index (Phi) is 8.34. The zero-order chi connectivity index (χ0) is 19.6. The van der Waals surface area contributed by atoms with E-state index in [1.165, 1.54) is 0 Å². The number of halogens is 1. The van der Waals surface area contributed by atoms with E-state index < -0.39 is 6.04 Å². The van der Waals surface area contributed by atoms with Crippen molar-refractivity contribution in [2.24, 2.45) is 0 Å². The van der Waals surface area contributed by atoms with Crippen molar-refractivity contribution in [3.63, 3.8) is 0 Å². The number of nitrogens with one attached hydrogen (secondary N) is 1. The van der Waals surface area contributed by atoms with Gasteiger partial charge in [-0.25, -0.2) is 0 Å². The van der Waals surface area contributed by atoms with Gasteiger partial charge in [-0.3, -0.25) is 9.59 Å². The highest BCUT2D eigenvalue weighted by Crippen LogP contribution is 2.21. The molecule has 0 fully saturated rings. The van der Waals surface area contributed by atoms with Gasteiger partial charge in [0.05, 0.1) is 23.0 Å². The predicted molar refractivity (Wildman–Crippen MR) is 110 cm³/mol. The van der Waals surface area contributed by atoms with Crippen LogP contribution in [0.4, 0.5) is 0 Å². The van der Waals surface area contributed by atoms with E-state index in [4.69, 9.17) is 11.6 Å². The topological polar surface area (TPSA) is 49.4 Å². The van der Waals surface area contributed by atoms with E-state index in [1.54, 1.807) is 24.3 Å². The molecule has 4 nitrogen and oxygen atoms in total. The van der Waals surface area contributed by atoms with Crippen LogP contribution in [-0.4, -0.2) is 29.8 Å². The summed E-state index contributed by atoms with van der Waals surface area (Å²) in [6, 6.07) is 16.1. The zero-order valence-electron chi connectivity index (χ0n) is 16.0. The first-order chi connectivity index (χ1) is 13.1. The third-order valence-corrected chi connectivity index (χ3v) is 4.67. The molecule has 0 saturated carbocycles. The molecule has 0 saturated heterocycles. The molecular formula is C22H27ClN2O2.